The van der Waals surface area contributed by atoms with Gasteiger partial charge < -0.3 is 10.6 Å². The van der Waals surface area contributed by atoms with Crippen LogP contribution in [-0.4, -0.2) is 12.1 Å². The fraction of sp³-hybridized carbons (Fsp3) is 0.391. The molecule has 0 aromatic heterocycles. The molecule has 1 unspecified atom stereocenters. The molecule has 3 rings (SSSR count). The molecule has 0 fully saturated rings. The molecule has 0 radical (unpaired) electrons. The average molecular weight is 413 g/mol. The highest BCUT2D eigenvalue weighted by Gasteiger charge is 2.30. The Morgan fingerprint density at radius 3 is 2.23 bits per heavy atom. The van der Waals surface area contributed by atoms with E-state index in [1.54, 1.807) is 0 Å². The van der Waals surface area contributed by atoms with E-state index < -0.39 is 0 Å². The fourth-order valence-electron chi connectivity index (χ4n) is 4.42. The van der Waals surface area contributed by atoms with Crippen molar-refractivity contribution < 1.29 is 0 Å². The summed E-state index contributed by atoms with van der Waals surface area (Å²) >= 11 is 3.63. The van der Waals surface area contributed by atoms with Crippen molar-refractivity contribution in [1.82, 2.24) is 0 Å². The van der Waals surface area contributed by atoms with Gasteiger partial charge >= 0.3 is 0 Å². The van der Waals surface area contributed by atoms with E-state index in [0.717, 1.165) is 28.6 Å². The first-order chi connectivity index (χ1) is 12.4. The number of para-hydroxylation sites is 1. The molecule has 26 heavy (non-hydrogen) atoms. The molecule has 0 saturated carbocycles. The van der Waals surface area contributed by atoms with Crippen LogP contribution in [0.3, 0.4) is 0 Å². The molecule has 2 nitrogen and oxygen atoms in total. The quantitative estimate of drug-likeness (QED) is 0.626. The molecule has 1 atom stereocenters. The summed E-state index contributed by atoms with van der Waals surface area (Å²) in [5, 5.41) is 0. The lowest BCUT2D eigenvalue weighted by Gasteiger charge is -2.42. The Morgan fingerprint density at radius 2 is 1.65 bits per heavy atom. The van der Waals surface area contributed by atoms with Crippen molar-refractivity contribution in [3.05, 3.63) is 57.6 Å². The summed E-state index contributed by atoms with van der Waals surface area (Å²) in [6, 6.07) is 11.8. The van der Waals surface area contributed by atoms with Crippen LogP contribution in [0.25, 0.3) is 16.8 Å². The zero-order valence-electron chi connectivity index (χ0n) is 16.4. The maximum Gasteiger partial charge on any atom is 0.0547 e. The SMILES string of the molecule is CCC(CC)N1c2c(cccc2-c2c(C)cc(Br)cc2C)C(N)=CC1C. The Labute approximate surface area is 166 Å². The number of aryl methyl sites for hydroxylation is 2. The molecule has 2 aromatic rings. The molecular weight excluding hydrogens is 384 g/mol. The van der Waals surface area contributed by atoms with E-state index in [4.69, 9.17) is 5.73 Å². The van der Waals surface area contributed by atoms with E-state index in [1.807, 2.05) is 0 Å². The molecule has 2 N–H and O–H groups in total. The second kappa shape index (κ2) is 7.48. The van der Waals surface area contributed by atoms with Gasteiger partial charge in [-0.3, -0.25) is 0 Å². The molecule has 0 amide bonds. The highest BCUT2D eigenvalue weighted by molar-refractivity contribution is 9.10. The molecule has 0 spiro atoms. The van der Waals surface area contributed by atoms with E-state index in [2.05, 4.69) is 91.9 Å². The third-order valence-electron chi connectivity index (χ3n) is 5.57. The van der Waals surface area contributed by atoms with Crippen molar-refractivity contribution in [2.24, 2.45) is 5.73 Å². The molecule has 1 heterocycles. The highest BCUT2D eigenvalue weighted by atomic mass is 79.9. The van der Waals surface area contributed by atoms with Crippen molar-refractivity contribution in [3.63, 3.8) is 0 Å². The summed E-state index contributed by atoms with van der Waals surface area (Å²) in [5.41, 5.74) is 15.0. The second-order valence-corrected chi connectivity index (χ2v) is 8.27. The number of hydrogen-bond acceptors (Lipinski definition) is 2. The zero-order chi connectivity index (χ0) is 19.0. The monoisotopic (exact) mass is 412 g/mol. The van der Waals surface area contributed by atoms with E-state index in [-0.39, 0.29) is 0 Å². The van der Waals surface area contributed by atoms with Gasteiger partial charge in [-0.1, -0.05) is 48.0 Å². The Balaban J connectivity index is 2.32. The number of rotatable bonds is 4. The van der Waals surface area contributed by atoms with Gasteiger partial charge in [0, 0.05) is 33.4 Å². The van der Waals surface area contributed by atoms with Crippen LogP contribution in [-0.2, 0) is 0 Å². The van der Waals surface area contributed by atoms with Gasteiger partial charge in [0.2, 0.25) is 0 Å². The Morgan fingerprint density at radius 1 is 1.08 bits per heavy atom. The van der Waals surface area contributed by atoms with E-state index in [0.29, 0.717) is 12.1 Å². The fourth-order valence-corrected chi connectivity index (χ4v) is 5.11. The first kappa shape index (κ1) is 19.0. The largest absolute Gasteiger partial charge is 0.398 e. The van der Waals surface area contributed by atoms with Gasteiger partial charge in [0.15, 0.2) is 0 Å². The minimum absolute atomic E-state index is 0.296. The van der Waals surface area contributed by atoms with Gasteiger partial charge in [-0.05, 0) is 68.5 Å². The first-order valence-corrected chi connectivity index (χ1v) is 10.3. The Hall–Kier alpha value is -1.74. The first-order valence-electron chi connectivity index (χ1n) is 9.55. The normalized spacial score (nSPS) is 16.7. The lowest BCUT2D eigenvalue weighted by atomic mass is 9.88. The minimum Gasteiger partial charge on any atom is -0.398 e. The van der Waals surface area contributed by atoms with Crippen LogP contribution < -0.4 is 10.6 Å². The summed E-state index contributed by atoms with van der Waals surface area (Å²) in [4.78, 5) is 2.59. The van der Waals surface area contributed by atoms with Crippen LogP contribution >= 0.6 is 15.9 Å². The van der Waals surface area contributed by atoms with Crippen molar-refractivity contribution in [2.45, 2.75) is 59.5 Å². The topological polar surface area (TPSA) is 29.3 Å². The van der Waals surface area contributed by atoms with E-state index in [1.165, 1.54) is 27.9 Å². The zero-order valence-corrected chi connectivity index (χ0v) is 18.0. The summed E-state index contributed by atoms with van der Waals surface area (Å²) in [6.07, 6.45) is 4.45. The van der Waals surface area contributed by atoms with Crippen LogP contribution in [0.5, 0.6) is 0 Å². The maximum atomic E-state index is 6.46. The summed E-state index contributed by atoms with van der Waals surface area (Å²) in [6.45, 7) is 11.2. The highest BCUT2D eigenvalue weighted by Crippen LogP contribution is 2.44. The lowest BCUT2D eigenvalue weighted by molar-refractivity contribution is 0.531. The van der Waals surface area contributed by atoms with Crippen LogP contribution in [0.4, 0.5) is 5.69 Å². The number of halogens is 1. The molecule has 0 saturated heterocycles. The number of anilines is 1. The molecule has 0 aliphatic carbocycles. The van der Waals surface area contributed by atoms with Crippen LogP contribution in [0.2, 0.25) is 0 Å². The molecule has 138 valence electrons. The number of nitrogens with two attached hydrogens (primary N) is 1. The molecule has 2 aromatic carbocycles. The average Bonchev–Trinajstić information content (AvgIpc) is 2.58. The number of nitrogens with zero attached hydrogens (tertiary/aromatic N) is 1. The van der Waals surface area contributed by atoms with E-state index in [9.17, 15) is 0 Å². The summed E-state index contributed by atoms with van der Waals surface area (Å²) in [7, 11) is 0. The molecular formula is C23H29BrN2. The van der Waals surface area contributed by atoms with Crippen LogP contribution in [0.15, 0.2) is 40.9 Å². The number of fused-ring (bicyclic) bond motifs is 1. The predicted octanol–water partition coefficient (Wildman–Crippen LogP) is 6.43. The number of hydrogen-bond donors (Lipinski definition) is 1. The molecule has 3 heteroatoms. The van der Waals surface area contributed by atoms with Gasteiger partial charge in [-0.2, -0.15) is 0 Å². The molecule has 1 aliphatic heterocycles. The third-order valence-corrected chi connectivity index (χ3v) is 6.03. The standard InChI is InChI=1S/C23H29BrN2/c1-6-18(7-2)26-16(5)13-21(25)19-9-8-10-20(23(19)26)22-14(3)11-17(24)12-15(22)4/h8-13,16,18H,6-7,25H2,1-5H3. The van der Waals surface area contributed by atoms with Gasteiger partial charge in [0.1, 0.15) is 0 Å². The van der Waals surface area contributed by atoms with E-state index >= 15 is 0 Å². The smallest absolute Gasteiger partial charge is 0.0547 e. The molecule has 1 aliphatic rings. The van der Waals surface area contributed by atoms with Crippen LogP contribution in [0, 0.1) is 13.8 Å². The van der Waals surface area contributed by atoms with Crippen molar-refractivity contribution >= 4 is 27.3 Å². The molecule has 0 bridgehead atoms. The van der Waals surface area contributed by atoms with Gasteiger partial charge in [0.05, 0.1) is 5.69 Å². The minimum atomic E-state index is 0.296. The Kier molecular flexibility index (Phi) is 5.47. The van der Waals surface area contributed by atoms with Gasteiger partial charge in [-0.25, -0.2) is 0 Å². The van der Waals surface area contributed by atoms with Crippen molar-refractivity contribution in [1.29, 1.82) is 0 Å². The van der Waals surface area contributed by atoms with Crippen molar-refractivity contribution in [3.8, 4) is 11.1 Å². The number of benzene rings is 2. The third kappa shape index (κ3) is 3.18. The van der Waals surface area contributed by atoms with Crippen molar-refractivity contribution in [2.75, 3.05) is 4.90 Å². The lowest BCUT2D eigenvalue weighted by Crippen LogP contribution is -2.43. The predicted molar refractivity (Wildman–Crippen MR) is 118 cm³/mol. The van der Waals surface area contributed by atoms with Gasteiger partial charge in [-0.15, -0.1) is 0 Å². The van der Waals surface area contributed by atoms with Gasteiger partial charge in [0.25, 0.3) is 0 Å². The summed E-state index contributed by atoms with van der Waals surface area (Å²) < 4.78 is 1.13. The second-order valence-electron chi connectivity index (χ2n) is 7.36. The Bertz CT molecular complexity index is 826. The maximum absolute atomic E-state index is 6.46. The van der Waals surface area contributed by atoms with Crippen LogP contribution in [0.1, 0.15) is 50.3 Å². The summed E-state index contributed by atoms with van der Waals surface area (Å²) in [5.74, 6) is 0.